The van der Waals surface area contributed by atoms with Gasteiger partial charge in [0.1, 0.15) is 0 Å². The summed E-state index contributed by atoms with van der Waals surface area (Å²) in [6.07, 6.45) is 5.14. The second-order valence-corrected chi connectivity index (χ2v) is 7.92. The number of nitrogens with one attached hydrogen (secondary N) is 1. The summed E-state index contributed by atoms with van der Waals surface area (Å²) in [6, 6.07) is 8.24. The number of thiophene rings is 1. The predicted octanol–water partition coefficient (Wildman–Crippen LogP) is 4.08. The fourth-order valence-electron chi connectivity index (χ4n) is 4.62. The van der Waals surface area contributed by atoms with Crippen LogP contribution in [0.1, 0.15) is 40.1 Å². The van der Waals surface area contributed by atoms with E-state index in [2.05, 4.69) is 32.4 Å². The summed E-state index contributed by atoms with van der Waals surface area (Å²) in [5.74, 6) is 0.780. The van der Waals surface area contributed by atoms with Crippen LogP contribution in [0.4, 0.5) is 0 Å². The summed E-state index contributed by atoms with van der Waals surface area (Å²) < 4.78 is 0. The molecule has 2 atom stereocenters. The summed E-state index contributed by atoms with van der Waals surface area (Å²) in [6.45, 7) is 2.88. The lowest BCUT2D eigenvalue weighted by atomic mass is 9.66. The van der Waals surface area contributed by atoms with Crippen molar-refractivity contribution in [1.82, 2.24) is 14.9 Å². The molecule has 4 nitrogen and oxygen atoms in total. The van der Waals surface area contributed by atoms with E-state index in [1.165, 1.54) is 11.3 Å². The topological polar surface area (TPSA) is 49.0 Å². The van der Waals surface area contributed by atoms with Crippen molar-refractivity contribution in [2.24, 2.45) is 5.92 Å². The summed E-state index contributed by atoms with van der Waals surface area (Å²) in [7, 11) is 0. The minimum atomic E-state index is -0.0535. The minimum Gasteiger partial charge on any atom is -0.345 e. The molecular formula is C19H19N3OS. The Balaban J connectivity index is 1.58. The lowest BCUT2D eigenvalue weighted by molar-refractivity contribution is 0.0166. The van der Waals surface area contributed by atoms with Crippen molar-refractivity contribution >= 4 is 28.3 Å². The molecule has 3 aromatic rings. The van der Waals surface area contributed by atoms with Gasteiger partial charge in [-0.25, -0.2) is 4.98 Å². The second kappa shape index (κ2) is 4.93. The lowest BCUT2D eigenvalue weighted by Crippen LogP contribution is -2.53. The zero-order valence-corrected chi connectivity index (χ0v) is 14.4. The number of H-pyrrole nitrogens is 1. The molecule has 1 saturated heterocycles. The van der Waals surface area contributed by atoms with Crippen LogP contribution in [0.5, 0.6) is 0 Å². The fraction of sp³-hybridized carbons (Fsp3) is 0.368. The van der Waals surface area contributed by atoms with Gasteiger partial charge in [-0.2, -0.15) is 0 Å². The van der Waals surface area contributed by atoms with Gasteiger partial charge in [0.2, 0.25) is 0 Å². The SMILES string of the molecule is Cc1cc(C(=O)N2CCC3CCC32c2cccs2)cc2[nH]cnc12. The molecule has 1 aliphatic heterocycles. The van der Waals surface area contributed by atoms with Gasteiger partial charge < -0.3 is 9.88 Å². The first-order valence-corrected chi connectivity index (χ1v) is 9.38. The number of amides is 1. The molecule has 0 spiro atoms. The summed E-state index contributed by atoms with van der Waals surface area (Å²) in [5, 5.41) is 2.13. The van der Waals surface area contributed by atoms with Gasteiger partial charge in [-0.3, -0.25) is 4.79 Å². The molecule has 2 unspecified atom stereocenters. The third-order valence-electron chi connectivity index (χ3n) is 5.89. The van der Waals surface area contributed by atoms with Gasteiger partial charge in [0.05, 0.1) is 22.9 Å². The summed E-state index contributed by atoms with van der Waals surface area (Å²) in [5.41, 5.74) is 3.65. The Kier molecular flexibility index (Phi) is 2.92. The third-order valence-corrected chi connectivity index (χ3v) is 6.92. The maximum atomic E-state index is 13.4. The Morgan fingerprint density at radius 3 is 3.08 bits per heavy atom. The number of imidazole rings is 1. The molecule has 2 aromatic heterocycles. The number of nitrogens with zero attached hydrogens (tertiary/aromatic N) is 2. The molecule has 2 fully saturated rings. The van der Waals surface area contributed by atoms with E-state index in [1.807, 2.05) is 19.1 Å². The van der Waals surface area contributed by atoms with Crippen molar-refractivity contribution in [3.63, 3.8) is 0 Å². The Labute approximate surface area is 144 Å². The van der Waals surface area contributed by atoms with Crippen LogP contribution in [0.15, 0.2) is 36.0 Å². The fourth-order valence-corrected chi connectivity index (χ4v) is 5.66. The third kappa shape index (κ3) is 1.73. The Morgan fingerprint density at radius 1 is 1.42 bits per heavy atom. The standard InChI is InChI=1S/C19H19N3OS/c1-12-9-13(10-15-17(12)21-11-20-15)18(23)22-7-5-14-4-6-19(14,22)16-3-2-8-24-16/h2-3,8-11,14H,4-7H2,1H3,(H,20,21). The molecule has 1 aromatic carbocycles. The Bertz CT molecular complexity index is 929. The molecular weight excluding hydrogens is 318 g/mol. The number of fused-ring (bicyclic) bond motifs is 2. The number of aromatic nitrogens is 2. The first-order valence-electron chi connectivity index (χ1n) is 8.50. The molecule has 122 valence electrons. The second-order valence-electron chi connectivity index (χ2n) is 6.97. The van der Waals surface area contributed by atoms with Crippen molar-refractivity contribution in [1.29, 1.82) is 0 Å². The molecule has 0 radical (unpaired) electrons. The van der Waals surface area contributed by atoms with Gasteiger partial charge in [0, 0.05) is 17.0 Å². The van der Waals surface area contributed by atoms with E-state index in [0.29, 0.717) is 5.92 Å². The normalized spacial score (nSPS) is 25.7. The number of hydrogen-bond acceptors (Lipinski definition) is 3. The number of benzene rings is 1. The largest absolute Gasteiger partial charge is 0.345 e. The average molecular weight is 337 g/mol. The first kappa shape index (κ1) is 14.2. The number of carbonyl (C=O) groups excluding carboxylic acids is 1. The molecule has 24 heavy (non-hydrogen) atoms. The average Bonchev–Trinajstić information content (AvgIpc) is 3.26. The van der Waals surface area contributed by atoms with E-state index >= 15 is 0 Å². The number of aryl methyl sites for hydroxylation is 1. The zero-order valence-electron chi connectivity index (χ0n) is 13.6. The van der Waals surface area contributed by atoms with Gasteiger partial charge in [-0.15, -0.1) is 11.3 Å². The molecule has 5 rings (SSSR count). The van der Waals surface area contributed by atoms with Crippen LogP contribution in [0.3, 0.4) is 0 Å². The van der Waals surface area contributed by atoms with E-state index < -0.39 is 0 Å². The molecule has 1 saturated carbocycles. The van der Waals surface area contributed by atoms with Gasteiger partial charge in [0.15, 0.2) is 0 Å². The highest BCUT2D eigenvalue weighted by Crippen LogP contribution is 2.58. The quantitative estimate of drug-likeness (QED) is 0.766. The van der Waals surface area contributed by atoms with Crippen molar-refractivity contribution < 1.29 is 4.79 Å². The van der Waals surface area contributed by atoms with Gasteiger partial charge in [0.25, 0.3) is 5.91 Å². The predicted molar refractivity (Wildman–Crippen MR) is 95.2 cm³/mol. The number of hydrogen-bond donors (Lipinski definition) is 1. The van der Waals surface area contributed by atoms with Crippen LogP contribution in [-0.2, 0) is 5.54 Å². The monoisotopic (exact) mass is 337 g/mol. The lowest BCUT2D eigenvalue weighted by Gasteiger charge is -2.49. The van der Waals surface area contributed by atoms with Crippen molar-refractivity contribution in [3.8, 4) is 0 Å². The maximum Gasteiger partial charge on any atom is 0.254 e. The zero-order chi connectivity index (χ0) is 16.3. The van der Waals surface area contributed by atoms with E-state index in [4.69, 9.17) is 0 Å². The Hall–Kier alpha value is -2.14. The van der Waals surface area contributed by atoms with Crippen molar-refractivity contribution in [2.75, 3.05) is 6.54 Å². The van der Waals surface area contributed by atoms with E-state index in [0.717, 1.165) is 41.5 Å². The molecule has 5 heteroatoms. The highest BCUT2D eigenvalue weighted by molar-refractivity contribution is 7.10. The molecule has 1 N–H and O–H groups in total. The molecule has 1 amide bonds. The van der Waals surface area contributed by atoms with Gasteiger partial charge in [-0.1, -0.05) is 6.07 Å². The van der Waals surface area contributed by atoms with Crippen molar-refractivity contribution in [2.45, 2.75) is 31.7 Å². The van der Waals surface area contributed by atoms with Gasteiger partial charge in [-0.05, 0) is 61.2 Å². The maximum absolute atomic E-state index is 13.4. The van der Waals surface area contributed by atoms with Crippen molar-refractivity contribution in [3.05, 3.63) is 52.0 Å². The van der Waals surface area contributed by atoms with E-state index in [9.17, 15) is 4.79 Å². The van der Waals surface area contributed by atoms with E-state index in [-0.39, 0.29) is 11.4 Å². The molecule has 1 aliphatic carbocycles. The highest BCUT2D eigenvalue weighted by atomic mass is 32.1. The molecule has 3 heterocycles. The van der Waals surface area contributed by atoms with Crippen LogP contribution in [-0.4, -0.2) is 27.3 Å². The summed E-state index contributed by atoms with van der Waals surface area (Å²) in [4.78, 5) is 24.3. The van der Waals surface area contributed by atoms with Crippen LogP contribution in [0, 0.1) is 12.8 Å². The van der Waals surface area contributed by atoms with Gasteiger partial charge >= 0.3 is 0 Å². The minimum absolute atomic E-state index is 0.0535. The summed E-state index contributed by atoms with van der Waals surface area (Å²) >= 11 is 1.79. The number of carbonyl (C=O) groups is 1. The number of likely N-dealkylation sites (tertiary alicyclic amines) is 1. The number of aromatic amines is 1. The first-order chi connectivity index (χ1) is 11.7. The van der Waals surface area contributed by atoms with Crippen LogP contribution in [0.2, 0.25) is 0 Å². The van der Waals surface area contributed by atoms with Crippen LogP contribution in [0.25, 0.3) is 11.0 Å². The number of rotatable bonds is 2. The molecule has 0 bridgehead atoms. The van der Waals surface area contributed by atoms with Crippen LogP contribution < -0.4 is 0 Å². The molecule has 2 aliphatic rings. The van der Waals surface area contributed by atoms with Crippen LogP contribution >= 0.6 is 11.3 Å². The smallest absolute Gasteiger partial charge is 0.254 e. The Morgan fingerprint density at radius 2 is 2.33 bits per heavy atom. The highest BCUT2D eigenvalue weighted by Gasteiger charge is 2.58. The van der Waals surface area contributed by atoms with E-state index in [1.54, 1.807) is 17.7 Å².